The Labute approximate surface area is 146 Å². The predicted molar refractivity (Wildman–Crippen MR) is 94.5 cm³/mol. The first kappa shape index (κ1) is 16.8. The highest BCUT2D eigenvalue weighted by Gasteiger charge is 2.15. The third-order valence-corrected chi connectivity index (χ3v) is 3.78. The molecule has 1 amide bonds. The lowest BCUT2D eigenvalue weighted by Crippen LogP contribution is -2.13. The van der Waals surface area contributed by atoms with Gasteiger partial charge in [0.1, 0.15) is 12.4 Å². The molecule has 0 atom stereocenters. The first-order valence-electron chi connectivity index (χ1n) is 6.43. The molecule has 0 bridgehead atoms. The van der Waals surface area contributed by atoms with Gasteiger partial charge in [0, 0.05) is 21.4 Å². The number of ether oxygens (including phenoxy) is 1. The molecule has 2 aromatic rings. The minimum absolute atomic E-state index is 0.131. The summed E-state index contributed by atoms with van der Waals surface area (Å²) in [4.78, 5) is 22.5. The average Bonchev–Trinajstić information content (AvgIpc) is 2.54. The predicted octanol–water partition coefficient (Wildman–Crippen LogP) is 3.46. The van der Waals surface area contributed by atoms with Crippen LogP contribution in [-0.4, -0.2) is 17.4 Å². The van der Waals surface area contributed by atoms with Crippen LogP contribution in [0, 0.1) is 26.0 Å². The number of benzene rings is 2. The number of terminal acetylenes is 1. The number of carbonyl (C=O) groups is 1. The van der Waals surface area contributed by atoms with Crippen LogP contribution < -0.4 is 10.1 Å². The summed E-state index contributed by atoms with van der Waals surface area (Å²) in [6.07, 6.45) is 5.10. The molecule has 116 valence electrons. The number of halogens is 1. The van der Waals surface area contributed by atoms with Crippen LogP contribution in [0.2, 0.25) is 0 Å². The fourth-order valence-corrected chi connectivity index (χ4v) is 2.34. The van der Waals surface area contributed by atoms with Crippen LogP contribution in [0.5, 0.6) is 5.75 Å². The van der Waals surface area contributed by atoms with Gasteiger partial charge >= 0.3 is 0 Å². The van der Waals surface area contributed by atoms with E-state index in [2.05, 4.69) is 11.2 Å². The summed E-state index contributed by atoms with van der Waals surface area (Å²) in [6, 6.07) is 10.8. The first-order valence-corrected chi connectivity index (χ1v) is 7.51. The van der Waals surface area contributed by atoms with Gasteiger partial charge in [-0.2, -0.15) is 0 Å². The van der Waals surface area contributed by atoms with Crippen LogP contribution in [0.4, 0.5) is 11.4 Å². The maximum Gasteiger partial charge on any atom is 0.270 e. The molecule has 1 N–H and O–H groups in total. The molecule has 23 heavy (non-hydrogen) atoms. The molecule has 0 radical (unpaired) electrons. The second-order valence-corrected chi connectivity index (χ2v) is 5.55. The molecule has 0 spiro atoms. The molecule has 0 aliphatic rings. The van der Waals surface area contributed by atoms with Gasteiger partial charge in [-0.1, -0.05) is 5.92 Å². The van der Waals surface area contributed by atoms with Crippen LogP contribution in [-0.2, 0) is 0 Å². The maximum absolute atomic E-state index is 12.3. The highest BCUT2D eigenvalue weighted by molar-refractivity contribution is 14.1. The molecule has 2 aromatic carbocycles. The molecule has 0 unspecified atom stereocenters. The number of non-ortho nitro benzene ring substituents is 1. The van der Waals surface area contributed by atoms with Crippen molar-refractivity contribution < 1.29 is 14.5 Å². The number of anilines is 1. The third-order valence-electron chi connectivity index (χ3n) is 2.84. The van der Waals surface area contributed by atoms with Gasteiger partial charge in [-0.3, -0.25) is 14.9 Å². The number of hydrogen-bond donors (Lipinski definition) is 1. The van der Waals surface area contributed by atoms with E-state index in [1.165, 1.54) is 18.2 Å². The third kappa shape index (κ3) is 4.43. The van der Waals surface area contributed by atoms with E-state index >= 15 is 0 Å². The Kier molecular flexibility index (Phi) is 5.54. The number of nitro groups is 1. The summed E-state index contributed by atoms with van der Waals surface area (Å²) in [5.41, 5.74) is 0.659. The Balaban J connectivity index is 2.14. The van der Waals surface area contributed by atoms with Crippen LogP contribution in [0.1, 0.15) is 10.4 Å². The van der Waals surface area contributed by atoms with Gasteiger partial charge in [-0.25, -0.2) is 0 Å². The zero-order valence-electron chi connectivity index (χ0n) is 11.8. The van der Waals surface area contributed by atoms with Crippen LogP contribution in [0.15, 0.2) is 42.5 Å². The van der Waals surface area contributed by atoms with E-state index in [0.29, 0.717) is 15.0 Å². The fraction of sp³-hybridized carbons (Fsp3) is 0.0625. The monoisotopic (exact) mass is 422 g/mol. The quantitative estimate of drug-likeness (QED) is 0.346. The van der Waals surface area contributed by atoms with Crippen molar-refractivity contribution in [2.75, 3.05) is 11.9 Å². The second-order valence-electron chi connectivity index (χ2n) is 4.39. The van der Waals surface area contributed by atoms with Crippen molar-refractivity contribution in [2.24, 2.45) is 0 Å². The molecule has 7 heteroatoms. The van der Waals surface area contributed by atoms with Crippen molar-refractivity contribution in [3.05, 3.63) is 61.7 Å². The van der Waals surface area contributed by atoms with Crippen LogP contribution in [0.3, 0.4) is 0 Å². The minimum atomic E-state index is -0.537. The minimum Gasteiger partial charge on any atom is -0.481 e. The number of carbonyl (C=O) groups excluding carboxylic acids is 1. The Morgan fingerprint density at radius 3 is 2.61 bits per heavy atom. The standard InChI is InChI=1S/C16H11IN2O4/c1-2-9-23-13-6-3-11(4-7-13)18-16(20)14-10-12(19(21)22)5-8-15(14)17/h1,3-8,10H,9H2,(H,18,20). The number of hydrogen-bond acceptors (Lipinski definition) is 4. The number of rotatable bonds is 5. The molecular formula is C16H11IN2O4. The lowest BCUT2D eigenvalue weighted by molar-refractivity contribution is -0.384. The Morgan fingerprint density at radius 2 is 2.00 bits per heavy atom. The van der Waals surface area contributed by atoms with E-state index in [1.807, 2.05) is 22.6 Å². The maximum atomic E-state index is 12.3. The molecule has 0 saturated carbocycles. The van der Waals surface area contributed by atoms with Gasteiger partial charge in [0.2, 0.25) is 0 Å². The lowest BCUT2D eigenvalue weighted by Gasteiger charge is -2.08. The zero-order chi connectivity index (χ0) is 16.8. The number of nitrogens with one attached hydrogen (secondary N) is 1. The number of nitro benzene ring substituents is 1. The van der Waals surface area contributed by atoms with Crippen molar-refractivity contribution in [3.63, 3.8) is 0 Å². The summed E-state index contributed by atoms with van der Waals surface area (Å²) < 4.78 is 5.86. The van der Waals surface area contributed by atoms with Gasteiger partial charge in [0.05, 0.1) is 10.5 Å². The number of amides is 1. The van der Waals surface area contributed by atoms with E-state index < -0.39 is 10.8 Å². The van der Waals surface area contributed by atoms with E-state index in [1.54, 1.807) is 24.3 Å². The smallest absolute Gasteiger partial charge is 0.270 e. The van der Waals surface area contributed by atoms with Crippen LogP contribution in [0.25, 0.3) is 0 Å². The van der Waals surface area contributed by atoms with Gasteiger partial charge in [0.15, 0.2) is 0 Å². The Hall–Kier alpha value is -2.60. The van der Waals surface area contributed by atoms with Crippen LogP contribution >= 0.6 is 22.6 Å². The first-order chi connectivity index (χ1) is 11.0. The highest BCUT2D eigenvalue weighted by atomic mass is 127. The zero-order valence-corrected chi connectivity index (χ0v) is 13.9. The summed E-state index contributed by atoms with van der Waals surface area (Å²) in [5.74, 6) is 2.53. The fourth-order valence-electron chi connectivity index (χ4n) is 1.76. The summed E-state index contributed by atoms with van der Waals surface area (Å²) >= 11 is 1.96. The topological polar surface area (TPSA) is 81.5 Å². The van der Waals surface area contributed by atoms with Gasteiger partial charge in [-0.15, -0.1) is 6.42 Å². The Bertz CT molecular complexity index is 782. The summed E-state index contributed by atoms with van der Waals surface area (Å²) in [6.45, 7) is 0.164. The highest BCUT2D eigenvalue weighted by Crippen LogP contribution is 2.22. The molecule has 0 heterocycles. The Morgan fingerprint density at radius 1 is 1.30 bits per heavy atom. The summed E-state index contributed by atoms with van der Waals surface area (Å²) in [5, 5.41) is 13.5. The molecule has 0 aliphatic carbocycles. The molecule has 2 rings (SSSR count). The van der Waals surface area contributed by atoms with Crippen molar-refractivity contribution >= 4 is 39.9 Å². The molecule has 0 aliphatic heterocycles. The number of nitrogens with zero attached hydrogens (tertiary/aromatic N) is 1. The van der Waals surface area contributed by atoms with E-state index in [-0.39, 0.29) is 17.9 Å². The largest absolute Gasteiger partial charge is 0.481 e. The molecule has 6 nitrogen and oxygen atoms in total. The van der Waals surface area contributed by atoms with E-state index in [0.717, 1.165) is 0 Å². The van der Waals surface area contributed by atoms with Gasteiger partial charge in [-0.05, 0) is 52.9 Å². The molecule has 0 fully saturated rings. The molecule has 0 aromatic heterocycles. The van der Waals surface area contributed by atoms with Crippen molar-refractivity contribution in [1.29, 1.82) is 0 Å². The summed E-state index contributed by atoms with van der Waals surface area (Å²) in [7, 11) is 0. The SMILES string of the molecule is C#CCOc1ccc(NC(=O)c2cc([N+](=O)[O-])ccc2I)cc1. The van der Waals surface area contributed by atoms with Crippen molar-refractivity contribution in [2.45, 2.75) is 0 Å². The van der Waals surface area contributed by atoms with Gasteiger partial charge < -0.3 is 10.1 Å². The van der Waals surface area contributed by atoms with Crippen molar-refractivity contribution in [1.82, 2.24) is 0 Å². The van der Waals surface area contributed by atoms with E-state index in [4.69, 9.17) is 11.2 Å². The lowest BCUT2D eigenvalue weighted by atomic mass is 10.2. The van der Waals surface area contributed by atoms with Gasteiger partial charge in [0.25, 0.3) is 11.6 Å². The molecular weight excluding hydrogens is 411 g/mol. The second kappa shape index (κ2) is 7.60. The average molecular weight is 422 g/mol. The normalized spacial score (nSPS) is 9.74. The van der Waals surface area contributed by atoms with E-state index in [9.17, 15) is 14.9 Å². The van der Waals surface area contributed by atoms with Crippen molar-refractivity contribution in [3.8, 4) is 18.1 Å². The molecule has 0 saturated heterocycles.